The Balaban J connectivity index is 0.000000248. The summed E-state index contributed by atoms with van der Waals surface area (Å²) in [6.45, 7) is 27.5. The van der Waals surface area contributed by atoms with Gasteiger partial charge < -0.3 is 9.80 Å². The first-order valence-corrected chi connectivity index (χ1v) is 13.2. The summed E-state index contributed by atoms with van der Waals surface area (Å²) in [7, 11) is 0. The van der Waals surface area contributed by atoms with Crippen LogP contribution >= 0.6 is 11.3 Å². The summed E-state index contributed by atoms with van der Waals surface area (Å²) in [5.41, 5.74) is 2.76. The summed E-state index contributed by atoms with van der Waals surface area (Å²) in [4.78, 5) is 4.66. The number of thiophene rings is 1. The Morgan fingerprint density at radius 2 is 1.15 bits per heavy atom. The van der Waals surface area contributed by atoms with Gasteiger partial charge in [0.15, 0.2) is 0 Å². The van der Waals surface area contributed by atoms with Crippen molar-refractivity contribution in [2.75, 3.05) is 0 Å². The molecule has 0 N–H and O–H groups in total. The van der Waals surface area contributed by atoms with Gasteiger partial charge in [0.1, 0.15) is 0 Å². The normalized spacial score (nSPS) is 26.9. The second-order valence-corrected chi connectivity index (χ2v) is 11.4. The molecule has 2 aromatic rings. The molecule has 4 heteroatoms. The van der Waals surface area contributed by atoms with Crippen molar-refractivity contribution in [1.82, 2.24) is 9.80 Å². The molecule has 1 aliphatic heterocycles. The van der Waals surface area contributed by atoms with Crippen LogP contribution in [0.5, 0.6) is 0 Å². The topological polar surface area (TPSA) is 6.48 Å². The Morgan fingerprint density at radius 1 is 0.758 bits per heavy atom. The number of benzene rings is 1. The molecule has 186 valence electrons. The van der Waals surface area contributed by atoms with Crippen molar-refractivity contribution in [3.05, 3.63) is 53.8 Å². The van der Waals surface area contributed by atoms with E-state index in [1.165, 1.54) is 21.5 Å². The second kappa shape index (κ2) is 13.2. The average molecular weight is 511 g/mol. The van der Waals surface area contributed by atoms with Gasteiger partial charge in [-0.15, -0.1) is 22.2 Å². The molecule has 4 rings (SSSR count). The van der Waals surface area contributed by atoms with E-state index in [0.29, 0.717) is 12.1 Å². The first-order chi connectivity index (χ1) is 15.0. The van der Waals surface area contributed by atoms with Crippen molar-refractivity contribution >= 4 is 21.4 Å². The van der Waals surface area contributed by atoms with Crippen molar-refractivity contribution in [3.63, 3.8) is 0 Å². The number of fused-ring (bicyclic) bond motifs is 1. The van der Waals surface area contributed by atoms with Gasteiger partial charge in [-0.3, -0.25) is 11.3 Å². The van der Waals surface area contributed by atoms with Gasteiger partial charge in [0.25, 0.3) is 0 Å². The molecule has 33 heavy (non-hydrogen) atoms. The molecule has 1 saturated carbocycles. The molecule has 1 aromatic carbocycles. The molecular formula is C29H46FeN2S. The van der Waals surface area contributed by atoms with Crippen LogP contribution in [0.3, 0.4) is 0 Å². The van der Waals surface area contributed by atoms with E-state index >= 15 is 0 Å². The molecule has 1 fully saturated rings. The second-order valence-electron chi connectivity index (χ2n) is 10.5. The van der Waals surface area contributed by atoms with E-state index < -0.39 is 0 Å². The minimum absolute atomic E-state index is 0. The maximum Gasteiger partial charge on any atom is 2.00 e. The van der Waals surface area contributed by atoms with Crippen molar-refractivity contribution in [2.45, 2.75) is 88.2 Å². The minimum atomic E-state index is 0. The molecule has 2 nitrogen and oxygen atoms in total. The van der Waals surface area contributed by atoms with Crippen LogP contribution in [0.25, 0.3) is 10.1 Å². The molecule has 1 aromatic heterocycles. The van der Waals surface area contributed by atoms with E-state index in [1.54, 1.807) is 11.3 Å². The van der Waals surface area contributed by atoms with Crippen LogP contribution in [0, 0.1) is 41.6 Å². The Labute approximate surface area is 219 Å². The number of allylic oxidation sites excluding steroid dienone is 2. The summed E-state index contributed by atoms with van der Waals surface area (Å²) < 4.78 is 1.32. The van der Waals surface area contributed by atoms with E-state index in [9.17, 15) is 0 Å². The van der Waals surface area contributed by atoms with Crippen molar-refractivity contribution in [3.8, 4) is 0 Å². The van der Waals surface area contributed by atoms with Crippen molar-refractivity contribution in [1.29, 1.82) is 0 Å². The summed E-state index contributed by atoms with van der Waals surface area (Å²) >= 11 is 1.66. The van der Waals surface area contributed by atoms with Crippen molar-refractivity contribution in [2.24, 2.45) is 29.6 Å². The summed E-state index contributed by atoms with van der Waals surface area (Å²) in [5.74, 6) is 4.68. The van der Waals surface area contributed by atoms with Crippen molar-refractivity contribution < 1.29 is 17.1 Å². The van der Waals surface area contributed by atoms with Gasteiger partial charge in [0.05, 0.1) is 0 Å². The van der Waals surface area contributed by atoms with E-state index in [1.807, 2.05) is 18.2 Å². The molecule has 2 aliphatic rings. The Kier molecular flexibility index (Phi) is 12.0. The molecule has 0 spiro atoms. The molecule has 1 aliphatic carbocycles. The number of nitrogens with zero attached hydrogens (tertiary/aromatic N) is 2. The van der Waals surface area contributed by atoms with Gasteiger partial charge in [-0.2, -0.15) is 18.1 Å². The monoisotopic (exact) mass is 510 g/mol. The molecule has 2 heterocycles. The average Bonchev–Trinajstić information content (AvgIpc) is 3.40. The van der Waals surface area contributed by atoms with Crippen LogP contribution in [0.15, 0.2) is 41.7 Å². The number of hydrogen-bond donors (Lipinski definition) is 0. The van der Waals surface area contributed by atoms with Gasteiger partial charge in [0, 0.05) is 0 Å². The summed E-state index contributed by atoms with van der Waals surface area (Å²) in [5, 5.41) is 4.37. The van der Waals surface area contributed by atoms with Crippen LogP contribution in [-0.2, 0) is 17.1 Å². The zero-order valence-electron chi connectivity index (χ0n) is 22.7. The van der Waals surface area contributed by atoms with E-state index in [2.05, 4.69) is 110 Å². The Morgan fingerprint density at radius 3 is 1.48 bits per heavy atom. The zero-order valence-corrected chi connectivity index (χ0v) is 24.6. The van der Waals surface area contributed by atoms with Gasteiger partial charge in [0.2, 0.25) is 0 Å². The van der Waals surface area contributed by atoms with E-state index in [0.717, 1.165) is 29.6 Å². The molecule has 0 atom stereocenters. The fourth-order valence-corrected chi connectivity index (χ4v) is 5.67. The Bertz CT molecular complexity index is 774. The maximum absolute atomic E-state index is 3.08. The summed E-state index contributed by atoms with van der Waals surface area (Å²) in [6.07, 6.45) is 0. The zero-order chi connectivity index (χ0) is 24.2. The third-order valence-electron chi connectivity index (χ3n) is 8.11. The van der Waals surface area contributed by atoms with Crippen LogP contribution in [0.4, 0.5) is 0 Å². The van der Waals surface area contributed by atoms with Crippen LogP contribution < -0.4 is 0 Å². The molecule has 0 amide bonds. The van der Waals surface area contributed by atoms with Gasteiger partial charge >= 0.3 is 17.1 Å². The van der Waals surface area contributed by atoms with E-state index in [-0.39, 0.29) is 17.1 Å². The molecule has 0 bridgehead atoms. The largest absolute Gasteiger partial charge is 2.00 e. The maximum atomic E-state index is 3.08. The first-order valence-electron chi connectivity index (χ1n) is 12.4. The fraction of sp³-hybridized carbons (Fsp3) is 0.621. The molecule has 0 unspecified atom stereocenters. The minimum Gasteiger partial charge on any atom is -0.504 e. The SMILES string of the molecule is CC1=C(C)N(C(C)C)[CH-]N1C(C)C.CC1C(C)C(C)C(C)C1C.[Fe+2].[c-]1cc2ccccc2s1. The number of rotatable bonds is 2. The van der Waals surface area contributed by atoms with Gasteiger partial charge in [-0.25, -0.2) is 0 Å². The first kappa shape index (κ1) is 30.1. The third-order valence-corrected chi connectivity index (χ3v) is 8.94. The number of hydrogen-bond acceptors (Lipinski definition) is 3. The van der Waals surface area contributed by atoms with Gasteiger partial charge in [-0.1, -0.05) is 46.8 Å². The molecule has 0 radical (unpaired) electrons. The molecular weight excluding hydrogens is 464 g/mol. The van der Waals surface area contributed by atoms with Crippen LogP contribution in [0.1, 0.15) is 76.2 Å². The Hall–Kier alpha value is -0.961. The fourth-order valence-electron chi connectivity index (χ4n) is 4.97. The smallest absolute Gasteiger partial charge is 0.504 e. The van der Waals surface area contributed by atoms with Gasteiger partial charge in [-0.05, 0) is 94.6 Å². The van der Waals surface area contributed by atoms with Crippen LogP contribution in [-0.4, -0.2) is 21.9 Å². The predicted octanol–water partition coefficient (Wildman–Crippen LogP) is 8.67. The standard InChI is InChI=1S/C11H21N2.C10H20.C8H5S.Fe/c1-8(2)12-7-13(9(3)4)11(6)10(12)5;1-6-7(2)9(4)10(5)8(6)3;1-2-4-8-7(3-1)5-6-9-8;/h7-9H,1-6H3;6-10H,1-5H3;1-5H;/q-1;;-1;+2. The predicted molar refractivity (Wildman–Crippen MR) is 143 cm³/mol. The quantitative estimate of drug-likeness (QED) is 0.295. The van der Waals surface area contributed by atoms with E-state index in [4.69, 9.17) is 0 Å². The summed E-state index contributed by atoms with van der Waals surface area (Å²) in [6, 6.07) is 11.4. The molecule has 0 saturated heterocycles. The third kappa shape index (κ3) is 7.26. The van der Waals surface area contributed by atoms with Crippen LogP contribution in [0.2, 0.25) is 0 Å².